The summed E-state index contributed by atoms with van der Waals surface area (Å²) in [6.45, 7) is 2.46. The number of aryl methyl sites for hydroxylation is 1. The maximum absolute atomic E-state index is 5.76. The fraction of sp³-hybridized carbons (Fsp3) is 0.333. The van der Waals surface area contributed by atoms with E-state index in [4.69, 9.17) is 10.3 Å². The molecule has 16 heavy (non-hydrogen) atoms. The predicted molar refractivity (Wildman–Crippen MR) is 61.0 cm³/mol. The van der Waals surface area contributed by atoms with Crippen LogP contribution in [0.1, 0.15) is 30.1 Å². The smallest absolute Gasteiger partial charge is 0.235 e. The van der Waals surface area contributed by atoms with Crippen molar-refractivity contribution in [3.63, 3.8) is 0 Å². The van der Waals surface area contributed by atoms with Gasteiger partial charge in [0.05, 0.1) is 5.92 Å². The lowest BCUT2D eigenvalue weighted by Gasteiger charge is -2.09. The first-order valence-corrected chi connectivity index (χ1v) is 5.42. The molecule has 0 aliphatic carbocycles. The summed E-state index contributed by atoms with van der Waals surface area (Å²) in [5, 5.41) is 3.89. The summed E-state index contributed by atoms with van der Waals surface area (Å²) >= 11 is 0. The summed E-state index contributed by atoms with van der Waals surface area (Å²) in [5.74, 6) is 1.32. The van der Waals surface area contributed by atoms with E-state index < -0.39 is 0 Å². The number of nitrogens with zero attached hydrogens (tertiary/aromatic N) is 2. The minimum Gasteiger partial charge on any atom is -0.339 e. The van der Waals surface area contributed by atoms with E-state index in [1.165, 1.54) is 0 Å². The van der Waals surface area contributed by atoms with E-state index >= 15 is 0 Å². The fourth-order valence-corrected chi connectivity index (χ4v) is 1.62. The second kappa shape index (κ2) is 4.90. The summed E-state index contributed by atoms with van der Waals surface area (Å²) in [6, 6.07) is 9.98. The molecule has 1 heterocycles. The summed E-state index contributed by atoms with van der Waals surface area (Å²) in [5.41, 5.74) is 6.87. The summed E-state index contributed by atoms with van der Waals surface area (Å²) in [4.78, 5) is 4.32. The normalized spacial score (nSPS) is 12.6. The molecule has 1 aromatic heterocycles. The molecule has 0 bridgehead atoms. The fourth-order valence-electron chi connectivity index (χ4n) is 1.62. The van der Waals surface area contributed by atoms with Gasteiger partial charge in [-0.1, -0.05) is 42.4 Å². The van der Waals surface area contributed by atoms with E-state index in [2.05, 4.69) is 10.1 Å². The zero-order valence-electron chi connectivity index (χ0n) is 9.26. The van der Waals surface area contributed by atoms with Crippen molar-refractivity contribution in [3.05, 3.63) is 47.6 Å². The molecule has 2 aromatic rings. The molecule has 4 heteroatoms. The molecular formula is C12H15N3O. The first-order valence-electron chi connectivity index (χ1n) is 5.42. The number of hydrogen-bond acceptors (Lipinski definition) is 4. The Kier molecular flexibility index (Phi) is 3.31. The SMILES string of the molecule is CCc1noc(C(CN)c2ccccc2)n1. The molecule has 0 radical (unpaired) electrons. The molecule has 0 saturated carbocycles. The molecule has 2 N–H and O–H groups in total. The van der Waals surface area contributed by atoms with Crippen LogP contribution in [0.15, 0.2) is 34.9 Å². The minimum atomic E-state index is -0.00556. The van der Waals surface area contributed by atoms with Gasteiger partial charge in [0.1, 0.15) is 0 Å². The van der Waals surface area contributed by atoms with Crippen molar-refractivity contribution in [1.29, 1.82) is 0 Å². The van der Waals surface area contributed by atoms with Gasteiger partial charge in [-0.05, 0) is 5.56 Å². The molecule has 0 aliphatic rings. The van der Waals surface area contributed by atoms with Gasteiger partial charge in [0, 0.05) is 13.0 Å². The Morgan fingerprint density at radius 3 is 2.62 bits per heavy atom. The lowest BCUT2D eigenvalue weighted by molar-refractivity contribution is 0.362. The van der Waals surface area contributed by atoms with E-state index in [0.717, 1.165) is 17.8 Å². The quantitative estimate of drug-likeness (QED) is 0.846. The zero-order valence-corrected chi connectivity index (χ0v) is 9.26. The number of hydrogen-bond donors (Lipinski definition) is 1. The Hall–Kier alpha value is -1.68. The van der Waals surface area contributed by atoms with Gasteiger partial charge in [-0.2, -0.15) is 4.98 Å². The van der Waals surface area contributed by atoms with Gasteiger partial charge in [-0.15, -0.1) is 0 Å². The van der Waals surface area contributed by atoms with Crippen LogP contribution in [-0.4, -0.2) is 16.7 Å². The van der Waals surface area contributed by atoms with Crippen molar-refractivity contribution >= 4 is 0 Å². The molecular weight excluding hydrogens is 202 g/mol. The largest absolute Gasteiger partial charge is 0.339 e. The van der Waals surface area contributed by atoms with E-state index in [9.17, 15) is 0 Å². The van der Waals surface area contributed by atoms with Crippen LogP contribution in [0.25, 0.3) is 0 Å². The average molecular weight is 217 g/mol. The average Bonchev–Trinajstić information content (AvgIpc) is 2.80. The molecule has 0 aliphatic heterocycles. The van der Waals surface area contributed by atoms with E-state index in [0.29, 0.717) is 12.4 Å². The van der Waals surface area contributed by atoms with Gasteiger partial charge in [0.2, 0.25) is 5.89 Å². The molecule has 1 unspecified atom stereocenters. The number of rotatable bonds is 4. The van der Waals surface area contributed by atoms with Crippen LogP contribution in [0.4, 0.5) is 0 Å². The van der Waals surface area contributed by atoms with Crippen molar-refractivity contribution in [2.75, 3.05) is 6.54 Å². The molecule has 0 saturated heterocycles. The molecule has 1 aromatic carbocycles. The van der Waals surface area contributed by atoms with Crippen molar-refractivity contribution in [1.82, 2.24) is 10.1 Å². The van der Waals surface area contributed by atoms with Gasteiger partial charge < -0.3 is 10.3 Å². The highest BCUT2D eigenvalue weighted by molar-refractivity contribution is 5.24. The van der Waals surface area contributed by atoms with E-state index in [-0.39, 0.29) is 5.92 Å². The maximum atomic E-state index is 5.76. The summed E-state index contributed by atoms with van der Waals surface area (Å²) < 4.78 is 5.22. The third-order valence-electron chi connectivity index (χ3n) is 2.54. The van der Waals surface area contributed by atoms with Gasteiger partial charge in [-0.25, -0.2) is 0 Å². The van der Waals surface area contributed by atoms with Crippen LogP contribution in [-0.2, 0) is 6.42 Å². The van der Waals surface area contributed by atoms with Gasteiger partial charge in [-0.3, -0.25) is 0 Å². The van der Waals surface area contributed by atoms with E-state index in [1.54, 1.807) is 0 Å². The molecule has 0 spiro atoms. The highest BCUT2D eigenvalue weighted by Gasteiger charge is 2.18. The topological polar surface area (TPSA) is 64.9 Å². The van der Waals surface area contributed by atoms with Crippen LogP contribution in [0, 0.1) is 0 Å². The third kappa shape index (κ3) is 2.12. The van der Waals surface area contributed by atoms with Crippen molar-refractivity contribution in [2.24, 2.45) is 5.73 Å². The molecule has 4 nitrogen and oxygen atoms in total. The first kappa shape index (κ1) is 10.8. The van der Waals surface area contributed by atoms with Crippen LogP contribution in [0.3, 0.4) is 0 Å². The Labute approximate surface area is 94.5 Å². The van der Waals surface area contributed by atoms with Crippen LogP contribution in [0.5, 0.6) is 0 Å². The highest BCUT2D eigenvalue weighted by atomic mass is 16.5. The maximum Gasteiger partial charge on any atom is 0.235 e. The van der Waals surface area contributed by atoms with Crippen LogP contribution >= 0.6 is 0 Å². The minimum absolute atomic E-state index is 0.00556. The van der Waals surface area contributed by atoms with Gasteiger partial charge >= 0.3 is 0 Å². The zero-order chi connectivity index (χ0) is 11.4. The van der Waals surface area contributed by atoms with Gasteiger partial charge in [0.15, 0.2) is 5.82 Å². The monoisotopic (exact) mass is 217 g/mol. The molecule has 1 atom stereocenters. The second-order valence-electron chi connectivity index (χ2n) is 3.60. The number of benzene rings is 1. The molecule has 84 valence electrons. The Balaban J connectivity index is 2.29. The summed E-state index contributed by atoms with van der Waals surface area (Å²) in [6.07, 6.45) is 0.773. The van der Waals surface area contributed by atoms with Crippen LogP contribution < -0.4 is 5.73 Å². The van der Waals surface area contributed by atoms with Crippen molar-refractivity contribution in [3.8, 4) is 0 Å². The van der Waals surface area contributed by atoms with Gasteiger partial charge in [0.25, 0.3) is 0 Å². The molecule has 2 rings (SSSR count). The van der Waals surface area contributed by atoms with Crippen LogP contribution in [0.2, 0.25) is 0 Å². The van der Waals surface area contributed by atoms with Crippen molar-refractivity contribution in [2.45, 2.75) is 19.3 Å². The second-order valence-corrected chi connectivity index (χ2v) is 3.60. The number of aromatic nitrogens is 2. The van der Waals surface area contributed by atoms with Crippen molar-refractivity contribution < 1.29 is 4.52 Å². The van der Waals surface area contributed by atoms with E-state index in [1.807, 2.05) is 37.3 Å². The lowest BCUT2D eigenvalue weighted by atomic mass is 9.99. The first-order chi connectivity index (χ1) is 7.85. The Morgan fingerprint density at radius 1 is 1.31 bits per heavy atom. The number of nitrogens with two attached hydrogens (primary N) is 1. The Bertz CT molecular complexity index is 439. The lowest BCUT2D eigenvalue weighted by Crippen LogP contribution is -2.14. The molecule has 0 fully saturated rings. The Morgan fingerprint density at radius 2 is 2.06 bits per heavy atom. The standard InChI is InChI=1S/C12H15N3O/c1-2-11-14-12(16-15-11)10(8-13)9-6-4-3-5-7-9/h3-7,10H,2,8,13H2,1H3. The third-order valence-corrected chi connectivity index (χ3v) is 2.54. The summed E-state index contributed by atoms with van der Waals surface area (Å²) in [7, 11) is 0. The predicted octanol–water partition coefficient (Wildman–Crippen LogP) is 1.72. The molecule has 0 amide bonds. The highest BCUT2D eigenvalue weighted by Crippen LogP contribution is 2.21.